The van der Waals surface area contributed by atoms with Gasteiger partial charge in [0.25, 0.3) is 5.91 Å². The molecule has 22 heavy (non-hydrogen) atoms. The molecule has 1 amide bonds. The number of rotatable bonds is 6. The van der Waals surface area contributed by atoms with Crippen molar-refractivity contribution in [2.75, 3.05) is 0 Å². The van der Waals surface area contributed by atoms with E-state index < -0.39 is 17.9 Å². The summed E-state index contributed by atoms with van der Waals surface area (Å²) in [6, 6.07) is 15.1. The van der Waals surface area contributed by atoms with Gasteiger partial charge in [0, 0.05) is 18.5 Å². The van der Waals surface area contributed by atoms with E-state index in [0.29, 0.717) is 12.1 Å². The van der Waals surface area contributed by atoms with Crippen molar-refractivity contribution in [2.24, 2.45) is 5.73 Å². The van der Waals surface area contributed by atoms with Gasteiger partial charge in [-0.2, -0.15) is 0 Å². The summed E-state index contributed by atoms with van der Waals surface area (Å²) in [4.78, 5) is 23.6. The van der Waals surface area contributed by atoms with Crippen molar-refractivity contribution in [3.8, 4) is 0 Å². The Morgan fingerprint density at radius 3 is 2.36 bits per heavy atom. The van der Waals surface area contributed by atoms with Gasteiger partial charge in [0.1, 0.15) is 6.04 Å². The zero-order valence-electron chi connectivity index (χ0n) is 12.0. The molecule has 0 saturated carbocycles. The average molecular weight is 298 g/mol. The molecule has 0 bridgehead atoms. The molecule has 0 saturated heterocycles. The molecule has 114 valence electrons. The molecular weight excluding hydrogens is 280 g/mol. The first-order valence-electron chi connectivity index (χ1n) is 6.96. The van der Waals surface area contributed by atoms with Crippen LogP contribution in [0.3, 0.4) is 0 Å². The summed E-state index contributed by atoms with van der Waals surface area (Å²) in [6.07, 6.45) is 0.235. The van der Waals surface area contributed by atoms with Crippen LogP contribution in [0.25, 0.3) is 0 Å². The van der Waals surface area contributed by atoms with Crippen LogP contribution in [-0.2, 0) is 17.8 Å². The Bertz CT molecular complexity index is 656. The Kier molecular flexibility index (Phi) is 5.27. The van der Waals surface area contributed by atoms with Gasteiger partial charge in [-0.1, -0.05) is 42.5 Å². The Hall–Kier alpha value is -2.66. The number of nitrogens with one attached hydrogen (secondary N) is 1. The first-order chi connectivity index (χ1) is 10.6. The van der Waals surface area contributed by atoms with E-state index in [2.05, 4.69) is 5.32 Å². The molecule has 0 aliphatic carbocycles. The van der Waals surface area contributed by atoms with Gasteiger partial charge in [-0.25, -0.2) is 4.79 Å². The minimum atomic E-state index is -1.06. The van der Waals surface area contributed by atoms with Crippen LogP contribution in [0.1, 0.15) is 21.5 Å². The second kappa shape index (κ2) is 7.38. The van der Waals surface area contributed by atoms with Crippen molar-refractivity contribution in [1.29, 1.82) is 0 Å². The lowest BCUT2D eigenvalue weighted by atomic mass is 10.0. The first kappa shape index (κ1) is 15.7. The maximum atomic E-state index is 12.2. The number of aliphatic carboxylic acids is 1. The van der Waals surface area contributed by atoms with Gasteiger partial charge in [0.2, 0.25) is 0 Å². The third-order valence-corrected chi connectivity index (χ3v) is 3.31. The van der Waals surface area contributed by atoms with Crippen molar-refractivity contribution < 1.29 is 14.7 Å². The van der Waals surface area contributed by atoms with E-state index in [-0.39, 0.29) is 6.42 Å². The van der Waals surface area contributed by atoms with E-state index >= 15 is 0 Å². The van der Waals surface area contributed by atoms with E-state index in [1.54, 1.807) is 18.2 Å². The summed E-state index contributed by atoms with van der Waals surface area (Å²) in [7, 11) is 0. The van der Waals surface area contributed by atoms with E-state index in [9.17, 15) is 14.7 Å². The summed E-state index contributed by atoms with van der Waals surface area (Å²) >= 11 is 0. The molecule has 1 atom stereocenters. The SMILES string of the molecule is NCc1cccc(C(=O)NC(Cc2ccccc2)C(=O)O)c1. The topological polar surface area (TPSA) is 92.4 Å². The predicted octanol–water partition coefficient (Wildman–Crippen LogP) is 1.57. The van der Waals surface area contributed by atoms with Gasteiger partial charge < -0.3 is 16.2 Å². The zero-order valence-corrected chi connectivity index (χ0v) is 12.0. The van der Waals surface area contributed by atoms with E-state index in [0.717, 1.165) is 11.1 Å². The number of hydrogen-bond acceptors (Lipinski definition) is 3. The number of carboxylic acids is 1. The second-order valence-electron chi connectivity index (χ2n) is 4.96. The van der Waals surface area contributed by atoms with Crippen LogP contribution in [0.4, 0.5) is 0 Å². The second-order valence-corrected chi connectivity index (χ2v) is 4.96. The predicted molar refractivity (Wildman–Crippen MR) is 83.4 cm³/mol. The number of carboxylic acid groups (broad SMARTS) is 1. The summed E-state index contributed by atoms with van der Waals surface area (Å²) < 4.78 is 0. The Morgan fingerprint density at radius 1 is 1.05 bits per heavy atom. The van der Waals surface area contributed by atoms with Crippen LogP contribution in [0.5, 0.6) is 0 Å². The van der Waals surface area contributed by atoms with E-state index in [1.165, 1.54) is 0 Å². The third-order valence-electron chi connectivity index (χ3n) is 3.31. The lowest BCUT2D eigenvalue weighted by Crippen LogP contribution is -2.42. The Balaban J connectivity index is 2.10. The van der Waals surface area contributed by atoms with Crippen LogP contribution >= 0.6 is 0 Å². The van der Waals surface area contributed by atoms with Crippen molar-refractivity contribution in [3.63, 3.8) is 0 Å². The van der Waals surface area contributed by atoms with Gasteiger partial charge in [-0.05, 0) is 23.3 Å². The molecule has 0 fully saturated rings. The monoisotopic (exact) mass is 298 g/mol. The molecule has 4 N–H and O–H groups in total. The fourth-order valence-electron chi connectivity index (χ4n) is 2.13. The van der Waals surface area contributed by atoms with Gasteiger partial charge >= 0.3 is 5.97 Å². The molecule has 0 heterocycles. The number of hydrogen-bond donors (Lipinski definition) is 3. The molecule has 2 aromatic carbocycles. The lowest BCUT2D eigenvalue weighted by Gasteiger charge is -2.15. The summed E-state index contributed by atoms with van der Waals surface area (Å²) in [5, 5.41) is 11.8. The number of nitrogens with two attached hydrogens (primary N) is 1. The van der Waals surface area contributed by atoms with Crippen molar-refractivity contribution in [3.05, 3.63) is 71.3 Å². The molecule has 0 radical (unpaired) electrons. The van der Waals surface area contributed by atoms with Crippen LogP contribution < -0.4 is 11.1 Å². The van der Waals surface area contributed by atoms with Crippen molar-refractivity contribution in [2.45, 2.75) is 19.0 Å². The highest BCUT2D eigenvalue weighted by atomic mass is 16.4. The number of carbonyl (C=O) groups excluding carboxylic acids is 1. The van der Waals surface area contributed by atoms with Crippen LogP contribution in [0.15, 0.2) is 54.6 Å². The maximum Gasteiger partial charge on any atom is 0.326 e. The summed E-state index contributed by atoms with van der Waals surface area (Å²) in [6.45, 7) is 0.327. The largest absolute Gasteiger partial charge is 0.480 e. The standard InChI is InChI=1S/C17H18N2O3/c18-11-13-7-4-8-14(9-13)16(20)19-15(17(21)22)10-12-5-2-1-3-6-12/h1-9,15H,10-11,18H2,(H,19,20)(H,21,22). The normalized spacial score (nSPS) is 11.7. The highest BCUT2D eigenvalue weighted by Crippen LogP contribution is 2.07. The highest BCUT2D eigenvalue weighted by molar-refractivity contribution is 5.96. The molecule has 0 aliphatic rings. The minimum absolute atomic E-state index is 0.235. The van der Waals surface area contributed by atoms with Crippen molar-refractivity contribution >= 4 is 11.9 Å². The molecule has 0 spiro atoms. The molecule has 0 aliphatic heterocycles. The van der Waals surface area contributed by atoms with Gasteiger partial charge in [0.05, 0.1) is 0 Å². The van der Waals surface area contributed by atoms with E-state index in [4.69, 9.17) is 5.73 Å². The number of amides is 1. The third kappa shape index (κ3) is 4.17. The first-order valence-corrected chi connectivity index (χ1v) is 6.96. The molecule has 5 nitrogen and oxygen atoms in total. The Morgan fingerprint density at radius 2 is 1.73 bits per heavy atom. The molecule has 1 unspecified atom stereocenters. The quantitative estimate of drug-likeness (QED) is 0.755. The van der Waals surface area contributed by atoms with Crippen molar-refractivity contribution in [1.82, 2.24) is 5.32 Å². The molecule has 0 aromatic heterocycles. The maximum absolute atomic E-state index is 12.2. The molecule has 2 aromatic rings. The van der Waals surface area contributed by atoms with Crippen LogP contribution in [0.2, 0.25) is 0 Å². The highest BCUT2D eigenvalue weighted by Gasteiger charge is 2.21. The lowest BCUT2D eigenvalue weighted by molar-refractivity contribution is -0.139. The van der Waals surface area contributed by atoms with Gasteiger partial charge in [0.15, 0.2) is 0 Å². The molecule has 5 heteroatoms. The average Bonchev–Trinajstić information content (AvgIpc) is 2.55. The smallest absolute Gasteiger partial charge is 0.326 e. The fraction of sp³-hybridized carbons (Fsp3) is 0.176. The van der Waals surface area contributed by atoms with Crippen LogP contribution in [-0.4, -0.2) is 23.0 Å². The Labute approximate surface area is 128 Å². The number of carbonyl (C=O) groups is 2. The number of benzene rings is 2. The fourth-order valence-corrected chi connectivity index (χ4v) is 2.13. The minimum Gasteiger partial charge on any atom is -0.480 e. The van der Waals surface area contributed by atoms with Gasteiger partial charge in [-0.3, -0.25) is 4.79 Å². The summed E-state index contributed by atoms with van der Waals surface area (Å²) in [5.74, 6) is -1.48. The van der Waals surface area contributed by atoms with Gasteiger partial charge in [-0.15, -0.1) is 0 Å². The summed E-state index contributed by atoms with van der Waals surface area (Å²) in [5.41, 5.74) is 7.62. The van der Waals surface area contributed by atoms with E-state index in [1.807, 2.05) is 36.4 Å². The zero-order chi connectivity index (χ0) is 15.9. The molecular formula is C17H18N2O3. The molecule has 2 rings (SSSR count). The van der Waals surface area contributed by atoms with Crippen LogP contribution in [0, 0.1) is 0 Å².